The minimum atomic E-state index is -0.128. The minimum Gasteiger partial charge on any atom is -0.399 e. The first kappa shape index (κ1) is 15.0. The molecular formula is C15H21N3O. The fourth-order valence-electron chi connectivity index (χ4n) is 1.94. The average Bonchev–Trinajstić information content (AvgIpc) is 2.41. The molecule has 0 aliphatic rings. The fraction of sp³-hybridized carbons (Fsp3) is 0.467. The molecule has 4 nitrogen and oxygen atoms in total. The van der Waals surface area contributed by atoms with Gasteiger partial charge in [0.1, 0.15) is 0 Å². The Morgan fingerprint density at radius 3 is 2.84 bits per heavy atom. The number of rotatable bonds is 6. The van der Waals surface area contributed by atoms with Crippen LogP contribution in [0.4, 0.5) is 5.69 Å². The number of carbonyl (C=O) groups excluding carboxylic acids is 1. The maximum atomic E-state index is 12.1. The third kappa shape index (κ3) is 5.01. The fourth-order valence-corrected chi connectivity index (χ4v) is 1.94. The first-order chi connectivity index (χ1) is 9.06. The molecule has 0 saturated heterocycles. The summed E-state index contributed by atoms with van der Waals surface area (Å²) in [5.41, 5.74) is 7.49. The van der Waals surface area contributed by atoms with Crippen molar-refractivity contribution < 1.29 is 4.79 Å². The number of amides is 1. The highest BCUT2D eigenvalue weighted by Crippen LogP contribution is 2.10. The van der Waals surface area contributed by atoms with E-state index < -0.39 is 0 Å². The van der Waals surface area contributed by atoms with Crippen LogP contribution in [-0.2, 0) is 11.2 Å². The molecule has 102 valence electrons. The summed E-state index contributed by atoms with van der Waals surface area (Å²) in [4.78, 5) is 13.8. The maximum absolute atomic E-state index is 12.1. The summed E-state index contributed by atoms with van der Waals surface area (Å²) >= 11 is 0. The number of nitrogens with two attached hydrogens (primary N) is 1. The van der Waals surface area contributed by atoms with Crippen molar-refractivity contribution >= 4 is 11.6 Å². The van der Waals surface area contributed by atoms with Gasteiger partial charge in [0, 0.05) is 25.2 Å². The summed E-state index contributed by atoms with van der Waals surface area (Å²) in [7, 11) is 0. The second-order valence-corrected chi connectivity index (χ2v) is 4.71. The molecule has 0 heterocycles. The van der Waals surface area contributed by atoms with Gasteiger partial charge in [-0.2, -0.15) is 5.26 Å². The van der Waals surface area contributed by atoms with Gasteiger partial charge in [-0.05, 0) is 38.0 Å². The SMILES string of the molecule is CCN(CC(C)C#N)C(=O)CCc1cccc(N)c1. The number of nitriles is 1. The van der Waals surface area contributed by atoms with E-state index >= 15 is 0 Å². The van der Waals surface area contributed by atoms with Crippen LogP contribution in [0.3, 0.4) is 0 Å². The molecule has 1 aromatic carbocycles. The minimum absolute atomic E-state index is 0.0898. The maximum Gasteiger partial charge on any atom is 0.222 e. The number of hydrogen-bond donors (Lipinski definition) is 1. The van der Waals surface area contributed by atoms with Crippen LogP contribution in [0.15, 0.2) is 24.3 Å². The molecule has 2 N–H and O–H groups in total. The molecule has 0 radical (unpaired) electrons. The lowest BCUT2D eigenvalue weighted by atomic mass is 10.1. The Kier molecular flexibility index (Phi) is 5.87. The molecule has 0 fully saturated rings. The van der Waals surface area contributed by atoms with Crippen molar-refractivity contribution in [2.75, 3.05) is 18.8 Å². The van der Waals surface area contributed by atoms with Crippen molar-refractivity contribution in [2.45, 2.75) is 26.7 Å². The summed E-state index contributed by atoms with van der Waals surface area (Å²) in [6.45, 7) is 4.90. The van der Waals surface area contributed by atoms with Gasteiger partial charge < -0.3 is 10.6 Å². The Bertz CT molecular complexity index is 465. The number of aryl methyl sites for hydroxylation is 1. The van der Waals surface area contributed by atoms with Gasteiger partial charge in [-0.3, -0.25) is 4.79 Å². The van der Waals surface area contributed by atoms with Crippen LogP contribution < -0.4 is 5.73 Å². The number of hydrogen-bond acceptors (Lipinski definition) is 3. The Hall–Kier alpha value is -2.02. The van der Waals surface area contributed by atoms with Crippen molar-refractivity contribution in [3.05, 3.63) is 29.8 Å². The Morgan fingerprint density at radius 2 is 2.26 bits per heavy atom. The second-order valence-electron chi connectivity index (χ2n) is 4.71. The molecule has 1 atom stereocenters. The molecule has 0 aliphatic heterocycles. The van der Waals surface area contributed by atoms with Gasteiger partial charge in [-0.25, -0.2) is 0 Å². The summed E-state index contributed by atoms with van der Waals surface area (Å²) in [5.74, 6) is -0.0386. The van der Waals surface area contributed by atoms with Crippen LogP contribution in [0, 0.1) is 17.2 Å². The Balaban J connectivity index is 2.51. The largest absolute Gasteiger partial charge is 0.399 e. The van der Waals surface area contributed by atoms with E-state index in [1.807, 2.05) is 38.1 Å². The number of nitrogens with zero attached hydrogens (tertiary/aromatic N) is 2. The summed E-state index contributed by atoms with van der Waals surface area (Å²) in [6.07, 6.45) is 1.14. The van der Waals surface area contributed by atoms with E-state index in [1.165, 1.54) is 0 Å². The van der Waals surface area contributed by atoms with E-state index in [0.717, 1.165) is 11.3 Å². The highest BCUT2D eigenvalue weighted by molar-refractivity contribution is 5.76. The predicted molar refractivity (Wildman–Crippen MR) is 76.2 cm³/mol. The van der Waals surface area contributed by atoms with Gasteiger partial charge in [0.15, 0.2) is 0 Å². The van der Waals surface area contributed by atoms with Gasteiger partial charge in [0.25, 0.3) is 0 Å². The normalized spacial score (nSPS) is 11.6. The molecule has 0 spiro atoms. The van der Waals surface area contributed by atoms with E-state index in [0.29, 0.717) is 25.9 Å². The zero-order valence-electron chi connectivity index (χ0n) is 11.6. The first-order valence-corrected chi connectivity index (χ1v) is 6.58. The van der Waals surface area contributed by atoms with Crippen LogP contribution in [0.25, 0.3) is 0 Å². The van der Waals surface area contributed by atoms with E-state index in [-0.39, 0.29) is 11.8 Å². The molecule has 0 aliphatic carbocycles. The molecule has 1 amide bonds. The van der Waals surface area contributed by atoms with Crippen molar-refractivity contribution in [3.63, 3.8) is 0 Å². The molecule has 19 heavy (non-hydrogen) atoms. The molecule has 0 bridgehead atoms. The average molecular weight is 259 g/mol. The molecule has 1 unspecified atom stereocenters. The topological polar surface area (TPSA) is 70.1 Å². The third-order valence-corrected chi connectivity index (χ3v) is 3.03. The monoisotopic (exact) mass is 259 g/mol. The van der Waals surface area contributed by atoms with Crippen LogP contribution in [0.2, 0.25) is 0 Å². The van der Waals surface area contributed by atoms with Gasteiger partial charge >= 0.3 is 0 Å². The molecule has 1 aromatic rings. The Labute approximate surface area is 114 Å². The lowest BCUT2D eigenvalue weighted by Gasteiger charge is -2.22. The molecule has 4 heteroatoms. The lowest BCUT2D eigenvalue weighted by Crippen LogP contribution is -2.34. The number of anilines is 1. The van der Waals surface area contributed by atoms with Crippen molar-refractivity contribution in [2.24, 2.45) is 5.92 Å². The van der Waals surface area contributed by atoms with Crippen molar-refractivity contribution in [3.8, 4) is 6.07 Å². The molecule has 0 saturated carbocycles. The highest BCUT2D eigenvalue weighted by atomic mass is 16.2. The zero-order valence-corrected chi connectivity index (χ0v) is 11.6. The highest BCUT2D eigenvalue weighted by Gasteiger charge is 2.14. The smallest absolute Gasteiger partial charge is 0.222 e. The first-order valence-electron chi connectivity index (χ1n) is 6.58. The number of carbonyl (C=O) groups is 1. The van der Waals surface area contributed by atoms with Crippen molar-refractivity contribution in [1.29, 1.82) is 5.26 Å². The van der Waals surface area contributed by atoms with E-state index in [1.54, 1.807) is 4.90 Å². The van der Waals surface area contributed by atoms with Gasteiger partial charge in [-0.1, -0.05) is 12.1 Å². The van der Waals surface area contributed by atoms with E-state index in [9.17, 15) is 4.79 Å². The van der Waals surface area contributed by atoms with Gasteiger partial charge in [-0.15, -0.1) is 0 Å². The standard InChI is InChI=1S/C15H21N3O/c1-3-18(11-12(2)10-16)15(19)8-7-13-5-4-6-14(17)9-13/h4-6,9,12H,3,7-8,11,17H2,1-2H3. The van der Waals surface area contributed by atoms with Crippen LogP contribution in [-0.4, -0.2) is 23.9 Å². The quantitative estimate of drug-likeness (QED) is 0.796. The van der Waals surface area contributed by atoms with Crippen LogP contribution in [0.5, 0.6) is 0 Å². The van der Waals surface area contributed by atoms with Gasteiger partial charge in [0.2, 0.25) is 5.91 Å². The van der Waals surface area contributed by atoms with Crippen LogP contribution in [0.1, 0.15) is 25.8 Å². The predicted octanol–water partition coefficient (Wildman–Crippen LogP) is 2.21. The third-order valence-electron chi connectivity index (χ3n) is 3.03. The van der Waals surface area contributed by atoms with Crippen LogP contribution >= 0.6 is 0 Å². The number of nitrogen functional groups attached to an aromatic ring is 1. The zero-order chi connectivity index (χ0) is 14.3. The summed E-state index contributed by atoms with van der Waals surface area (Å²) < 4.78 is 0. The van der Waals surface area contributed by atoms with E-state index in [4.69, 9.17) is 11.0 Å². The molecule has 1 rings (SSSR count). The van der Waals surface area contributed by atoms with Gasteiger partial charge in [0.05, 0.1) is 12.0 Å². The Morgan fingerprint density at radius 1 is 1.53 bits per heavy atom. The lowest BCUT2D eigenvalue weighted by molar-refractivity contribution is -0.131. The van der Waals surface area contributed by atoms with E-state index in [2.05, 4.69) is 6.07 Å². The van der Waals surface area contributed by atoms with Crippen molar-refractivity contribution in [1.82, 2.24) is 4.90 Å². The number of benzene rings is 1. The molecule has 0 aromatic heterocycles. The summed E-state index contributed by atoms with van der Waals surface area (Å²) in [6, 6.07) is 9.74. The summed E-state index contributed by atoms with van der Waals surface area (Å²) in [5, 5.41) is 8.80. The second kappa shape index (κ2) is 7.42. The molecular weight excluding hydrogens is 238 g/mol.